The molecule has 0 saturated heterocycles. The molecular weight excluding hydrogens is 264 g/mol. The number of hydrogen-bond acceptors (Lipinski definition) is 5. The van der Waals surface area contributed by atoms with E-state index in [0.29, 0.717) is 11.7 Å². The van der Waals surface area contributed by atoms with Crippen LogP contribution in [0.3, 0.4) is 0 Å². The predicted molar refractivity (Wildman–Crippen MR) is 74.3 cm³/mol. The van der Waals surface area contributed by atoms with Crippen LogP contribution in [0.1, 0.15) is 16.1 Å². The molecule has 0 aliphatic heterocycles. The lowest BCUT2D eigenvalue weighted by molar-refractivity contribution is 0.0691. The van der Waals surface area contributed by atoms with Crippen molar-refractivity contribution >= 4 is 22.4 Å². The molecule has 0 aliphatic rings. The summed E-state index contributed by atoms with van der Waals surface area (Å²) in [6.45, 7) is 0.694. The van der Waals surface area contributed by atoms with Gasteiger partial charge in [-0.2, -0.15) is 0 Å². The van der Waals surface area contributed by atoms with Crippen LogP contribution in [0.2, 0.25) is 0 Å². The van der Waals surface area contributed by atoms with Crippen molar-refractivity contribution in [1.82, 2.24) is 4.98 Å². The highest BCUT2D eigenvalue weighted by molar-refractivity contribution is 7.13. The average molecular weight is 278 g/mol. The molecule has 0 fully saturated rings. The van der Waals surface area contributed by atoms with Gasteiger partial charge in [0, 0.05) is 11.9 Å². The zero-order chi connectivity index (χ0) is 13.7. The van der Waals surface area contributed by atoms with Crippen molar-refractivity contribution in [3.05, 3.63) is 40.9 Å². The summed E-state index contributed by atoms with van der Waals surface area (Å²) in [7, 11) is 1.64. The van der Waals surface area contributed by atoms with Gasteiger partial charge in [-0.05, 0) is 24.1 Å². The fraction of sp³-hybridized carbons (Fsp3) is 0.231. The van der Waals surface area contributed by atoms with Crippen LogP contribution < -0.4 is 10.1 Å². The maximum absolute atomic E-state index is 10.7. The molecule has 2 rings (SSSR count). The van der Waals surface area contributed by atoms with Gasteiger partial charge in [0.25, 0.3) is 0 Å². The Labute approximate surface area is 114 Å². The first-order chi connectivity index (χ1) is 9.19. The van der Waals surface area contributed by atoms with E-state index in [1.807, 2.05) is 24.3 Å². The van der Waals surface area contributed by atoms with Gasteiger partial charge in [-0.15, -0.1) is 11.3 Å². The third kappa shape index (κ3) is 3.69. The van der Waals surface area contributed by atoms with Crippen molar-refractivity contribution in [3.8, 4) is 5.75 Å². The van der Waals surface area contributed by atoms with E-state index in [1.54, 1.807) is 7.11 Å². The van der Waals surface area contributed by atoms with Crippen molar-refractivity contribution in [1.29, 1.82) is 0 Å². The Morgan fingerprint density at radius 1 is 1.53 bits per heavy atom. The molecular formula is C13H14N2O3S. The van der Waals surface area contributed by atoms with Crippen LogP contribution in [0.15, 0.2) is 29.6 Å². The summed E-state index contributed by atoms with van der Waals surface area (Å²) >= 11 is 1.29. The molecule has 1 aromatic heterocycles. The van der Waals surface area contributed by atoms with Gasteiger partial charge in [-0.3, -0.25) is 0 Å². The molecule has 0 unspecified atom stereocenters. The highest BCUT2D eigenvalue weighted by Crippen LogP contribution is 2.16. The number of nitrogens with one attached hydrogen (secondary N) is 1. The third-order valence-corrected chi connectivity index (χ3v) is 3.35. The predicted octanol–water partition coefficient (Wildman–Crippen LogP) is 2.50. The molecule has 0 saturated carbocycles. The first kappa shape index (κ1) is 13.4. The molecule has 5 nitrogen and oxygen atoms in total. The summed E-state index contributed by atoms with van der Waals surface area (Å²) in [5, 5.41) is 14.0. The Balaban J connectivity index is 1.86. The molecule has 0 amide bonds. The van der Waals surface area contributed by atoms with Crippen molar-refractivity contribution in [2.75, 3.05) is 19.0 Å². The van der Waals surface area contributed by atoms with E-state index >= 15 is 0 Å². The summed E-state index contributed by atoms with van der Waals surface area (Å²) in [6, 6.07) is 7.85. The van der Waals surface area contributed by atoms with Crippen LogP contribution in [0.25, 0.3) is 0 Å². The van der Waals surface area contributed by atoms with Crippen LogP contribution >= 0.6 is 11.3 Å². The Bertz CT molecular complexity index is 569. The fourth-order valence-corrected chi connectivity index (χ4v) is 2.31. The lowest BCUT2D eigenvalue weighted by atomic mass is 10.1. The Hall–Kier alpha value is -2.08. The van der Waals surface area contributed by atoms with Crippen LogP contribution in [0, 0.1) is 0 Å². The largest absolute Gasteiger partial charge is 0.497 e. The number of aromatic nitrogens is 1. The van der Waals surface area contributed by atoms with Crippen LogP contribution in [-0.2, 0) is 6.42 Å². The second kappa shape index (κ2) is 6.19. The van der Waals surface area contributed by atoms with Crippen molar-refractivity contribution in [2.45, 2.75) is 6.42 Å². The summed E-state index contributed by atoms with van der Waals surface area (Å²) in [5.41, 5.74) is 1.23. The number of benzene rings is 1. The first-order valence-corrected chi connectivity index (χ1v) is 6.62. The molecule has 0 spiro atoms. The quantitative estimate of drug-likeness (QED) is 0.849. The molecule has 0 radical (unpaired) electrons. The third-order valence-electron chi connectivity index (χ3n) is 2.55. The molecule has 19 heavy (non-hydrogen) atoms. The summed E-state index contributed by atoms with van der Waals surface area (Å²) in [6.07, 6.45) is 0.819. The number of carboxylic acids is 1. The second-order valence-corrected chi connectivity index (χ2v) is 4.73. The lowest BCUT2D eigenvalue weighted by Gasteiger charge is -2.05. The van der Waals surface area contributed by atoms with Crippen molar-refractivity contribution in [2.24, 2.45) is 0 Å². The minimum atomic E-state index is -1.00. The van der Waals surface area contributed by atoms with E-state index in [2.05, 4.69) is 10.3 Å². The van der Waals surface area contributed by atoms with Crippen LogP contribution in [-0.4, -0.2) is 29.7 Å². The van der Waals surface area contributed by atoms with E-state index in [4.69, 9.17) is 9.84 Å². The Morgan fingerprint density at radius 3 is 3.05 bits per heavy atom. The summed E-state index contributed by atoms with van der Waals surface area (Å²) < 4.78 is 5.15. The number of carboxylic acid groups (broad SMARTS) is 1. The number of nitrogens with zero attached hydrogens (tertiary/aromatic N) is 1. The first-order valence-electron chi connectivity index (χ1n) is 5.74. The number of thiazole rings is 1. The number of anilines is 1. The molecule has 0 atom stereocenters. The Morgan fingerprint density at radius 2 is 2.37 bits per heavy atom. The van der Waals surface area contributed by atoms with Gasteiger partial charge in [0.2, 0.25) is 0 Å². The number of hydrogen-bond donors (Lipinski definition) is 2. The van der Waals surface area contributed by atoms with Crippen molar-refractivity contribution < 1.29 is 14.6 Å². The SMILES string of the molecule is COc1cccc(CCNc2nc(C(=O)O)cs2)c1. The van der Waals surface area contributed by atoms with Gasteiger partial charge in [0.15, 0.2) is 10.8 Å². The molecule has 2 N–H and O–H groups in total. The van der Waals surface area contributed by atoms with E-state index in [1.165, 1.54) is 16.7 Å². The topological polar surface area (TPSA) is 71.5 Å². The average Bonchev–Trinajstić information content (AvgIpc) is 2.88. The van der Waals surface area contributed by atoms with Crippen LogP contribution in [0.5, 0.6) is 5.75 Å². The lowest BCUT2D eigenvalue weighted by Crippen LogP contribution is -2.05. The minimum Gasteiger partial charge on any atom is -0.497 e. The molecule has 2 aromatic rings. The smallest absolute Gasteiger partial charge is 0.355 e. The highest BCUT2D eigenvalue weighted by atomic mass is 32.1. The minimum absolute atomic E-state index is 0.0777. The maximum Gasteiger partial charge on any atom is 0.355 e. The van der Waals surface area contributed by atoms with Gasteiger partial charge in [-0.1, -0.05) is 12.1 Å². The van der Waals surface area contributed by atoms with Crippen molar-refractivity contribution in [3.63, 3.8) is 0 Å². The van der Waals surface area contributed by atoms with Gasteiger partial charge in [0.1, 0.15) is 5.75 Å². The fourth-order valence-electron chi connectivity index (χ4n) is 1.59. The normalized spacial score (nSPS) is 10.2. The van der Waals surface area contributed by atoms with Gasteiger partial charge in [0.05, 0.1) is 7.11 Å². The second-order valence-electron chi connectivity index (χ2n) is 3.87. The zero-order valence-electron chi connectivity index (χ0n) is 10.4. The molecule has 0 bridgehead atoms. The zero-order valence-corrected chi connectivity index (χ0v) is 11.2. The summed E-state index contributed by atoms with van der Waals surface area (Å²) in [5.74, 6) is -0.169. The highest BCUT2D eigenvalue weighted by Gasteiger charge is 2.07. The standard InChI is InChI=1S/C13H14N2O3S/c1-18-10-4-2-3-9(7-10)5-6-14-13-15-11(8-19-13)12(16)17/h2-4,7-8H,5-6H2,1H3,(H,14,15)(H,16,17). The number of methoxy groups -OCH3 is 1. The number of ether oxygens (including phenoxy) is 1. The van der Waals surface area contributed by atoms with Crippen LogP contribution in [0.4, 0.5) is 5.13 Å². The monoisotopic (exact) mass is 278 g/mol. The number of carbonyl (C=O) groups is 1. The number of rotatable bonds is 6. The van der Waals surface area contributed by atoms with E-state index < -0.39 is 5.97 Å². The Kier molecular flexibility index (Phi) is 4.35. The van der Waals surface area contributed by atoms with E-state index in [0.717, 1.165) is 17.7 Å². The summed E-state index contributed by atoms with van der Waals surface area (Å²) in [4.78, 5) is 14.6. The molecule has 1 aromatic carbocycles. The molecule has 100 valence electrons. The molecule has 1 heterocycles. The molecule has 0 aliphatic carbocycles. The maximum atomic E-state index is 10.7. The molecule has 6 heteroatoms. The van der Waals surface area contributed by atoms with E-state index in [-0.39, 0.29) is 5.69 Å². The van der Waals surface area contributed by atoms with Gasteiger partial charge in [-0.25, -0.2) is 9.78 Å². The van der Waals surface area contributed by atoms with Gasteiger partial charge < -0.3 is 15.2 Å². The van der Waals surface area contributed by atoms with E-state index in [9.17, 15) is 4.79 Å². The number of aromatic carboxylic acids is 1. The van der Waals surface area contributed by atoms with Gasteiger partial charge >= 0.3 is 5.97 Å².